The van der Waals surface area contributed by atoms with Crippen molar-refractivity contribution >= 4 is 10.0 Å². The van der Waals surface area contributed by atoms with Crippen molar-refractivity contribution in [3.63, 3.8) is 0 Å². The number of sulfonamides is 1. The molecule has 0 aliphatic carbocycles. The van der Waals surface area contributed by atoms with Crippen LogP contribution in [0.15, 0.2) is 24.3 Å². The van der Waals surface area contributed by atoms with E-state index in [1.54, 1.807) is 6.07 Å². The highest BCUT2D eigenvalue weighted by Crippen LogP contribution is 2.13. The van der Waals surface area contributed by atoms with E-state index in [9.17, 15) is 8.42 Å². The molecule has 0 saturated carbocycles. The first-order valence-electron chi connectivity index (χ1n) is 5.60. The van der Waals surface area contributed by atoms with Crippen LogP contribution in [0, 0.1) is 11.3 Å². The predicted molar refractivity (Wildman–Crippen MR) is 70.4 cm³/mol. The van der Waals surface area contributed by atoms with Crippen LogP contribution in [-0.2, 0) is 10.0 Å². The second-order valence-electron chi connectivity index (χ2n) is 4.08. The van der Waals surface area contributed by atoms with Crippen LogP contribution >= 0.6 is 0 Å². The molecule has 0 aliphatic heterocycles. The average molecular weight is 267 g/mol. The SMILES string of the molecule is CC(NCCNS(C)(=O)=O)c1cccc(C#N)c1. The van der Waals surface area contributed by atoms with Gasteiger partial charge in [-0.1, -0.05) is 12.1 Å². The van der Waals surface area contributed by atoms with Crippen molar-refractivity contribution in [1.29, 1.82) is 5.26 Å². The van der Waals surface area contributed by atoms with Gasteiger partial charge < -0.3 is 5.32 Å². The van der Waals surface area contributed by atoms with Gasteiger partial charge in [0.15, 0.2) is 0 Å². The second-order valence-corrected chi connectivity index (χ2v) is 5.91. The minimum Gasteiger partial charge on any atom is -0.309 e. The molecule has 0 aliphatic rings. The first-order valence-corrected chi connectivity index (χ1v) is 7.49. The lowest BCUT2D eigenvalue weighted by Gasteiger charge is -2.14. The van der Waals surface area contributed by atoms with E-state index in [1.807, 2.05) is 25.1 Å². The third-order valence-electron chi connectivity index (χ3n) is 2.46. The van der Waals surface area contributed by atoms with Gasteiger partial charge in [0.2, 0.25) is 10.0 Å². The Hall–Kier alpha value is -1.42. The Morgan fingerprint density at radius 3 is 2.72 bits per heavy atom. The zero-order valence-electron chi connectivity index (χ0n) is 10.5. The summed E-state index contributed by atoms with van der Waals surface area (Å²) >= 11 is 0. The number of nitrogens with one attached hydrogen (secondary N) is 2. The van der Waals surface area contributed by atoms with E-state index < -0.39 is 10.0 Å². The van der Waals surface area contributed by atoms with Gasteiger partial charge in [0.1, 0.15) is 0 Å². The topological polar surface area (TPSA) is 82.0 Å². The third-order valence-corrected chi connectivity index (χ3v) is 3.18. The summed E-state index contributed by atoms with van der Waals surface area (Å²) in [4.78, 5) is 0. The standard InChI is InChI=1S/C12H17N3O2S/c1-10(14-6-7-15-18(2,16)17)12-5-3-4-11(8-12)9-13/h3-5,8,10,14-15H,6-7H2,1-2H3. The maximum Gasteiger partial charge on any atom is 0.208 e. The molecule has 0 spiro atoms. The van der Waals surface area contributed by atoms with Gasteiger partial charge in [0, 0.05) is 19.1 Å². The molecular formula is C12H17N3O2S. The minimum absolute atomic E-state index is 0.0691. The highest BCUT2D eigenvalue weighted by atomic mass is 32.2. The molecule has 6 heteroatoms. The average Bonchev–Trinajstić information content (AvgIpc) is 2.33. The van der Waals surface area contributed by atoms with Gasteiger partial charge in [0.05, 0.1) is 17.9 Å². The molecule has 0 radical (unpaired) electrons. The molecule has 0 aromatic heterocycles. The molecular weight excluding hydrogens is 250 g/mol. The van der Waals surface area contributed by atoms with E-state index >= 15 is 0 Å². The molecule has 18 heavy (non-hydrogen) atoms. The molecule has 0 bridgehead atoms. The summed E-state index contributed by atoms with van der Waals surface area (Å²) in [5.74, 6) is 0. The number of benzene rings is 1. The number of nitrogens with zero attached hydrogens (tertiary/aromatic N) is 1. The number of hydrogen-bond donors (Lipinski definition) is 2. The van der Waals surface area contributed by atoms with Gasteiger partial charge in [-0.15, -0.1) is 0 Å². The minimum atomic E-state index is -3.13. The van der Waals surface area contributed by atoms with Crippen molar-refractivity contribution in [2.45, 2.75) is 13.0 Å². The van der Waals surface area contributed by atoms with E-state index in [4.69, 9.17) is 5.26 Å². The smallest absolute Gasteiger partial charge is 0.208 e. The third kappa shape index (κ3) is 5.27. The molecule has 0 heterocycles. The van der Waals surface area contributed by atoms with Crippen LogP contribution in [0.2, 0.25) is 0 Å². The van der Waals surface area contributed by atoms with Crippen molar-refractivity contribution < 1.29 is 8.42 Å². The highest BCUT2D eigenvalue weighted by molar-refractivity contribution is 7.88. The molecule has 1 aromatic carbocycles. The van der Waals surface area contributed by atoms with Gasteiger partial charge in [0.25, 0.3) is 0 Å². The Bertz CT molecular complexity index is 534. The fraction of sp³-hybridized carbons (Fsp3) is 0.417. The molecule has 0 amide bonds. The van der Waals surface area contributed by atoms with Crippen LogP contribution in [-0.4, -0.2) is 27.8 Å². The van der Waals surface area contributed by atoms with E-state index in [-0.39, 0.29) is 6.04 Å². The van der Waals surface area contributed by atoms with Gasteiger partial charge in [-0.25, -0.2) is 13.1 Å². The Balaban J connectivity index is 2.46. The van der Waals surface area contributed by atoms with Crippen molar-refractivity contribution in [3.05, 3.63) is 35.4 Å². The summed E-state index contributed by atoms with van der Waals surface area (Å²) in [6.45, 7) is 2.85. The predicted octanol–water partition coefficient (Wildman–Crippen LogP) is 0.758. The maximum atomic E-state index is 10.9. The normalized spacial score (nSPS) is 12.9. The Kier molecular flexibility index (Phi) is 5.28. The first kappa shape index (κ1) is 14.6. The maximum absolute atomic E-state index is 10.9. The summed E-state index contributed by atoms with van der Waals surface area (Å²) in [6.07, 6.45) is 1.13. The molecule has 1 unspecified atom stereocenters. The van der Waals surface area contributed by atoms with E-state index in [2.05, 4.69) is 16.1 Å². The summed E-state index contributed by atoms with van der Waals surface area (Å²) in [6, 6.07) is 9.50. The zero-order valence-corrected chi connectivity index (χ0v) is 11.3. The molecule has 0 fully saturated rings. The monoisotopic (exact) mass is 267 g/mol. The second kappa shape index (κ2) is 6.50. The van der Waals surface area contributed by atoms with Crippen LogP contribution in [0.25, 0.3) is 0 Å². The van der Waals surface area contributed by atoms with Crippen LogP contribution in [0.1, 0.15) is 24.1 Å². The summed E-state index contributed by atoms with van der Waals surface area (Å²) in [5.41, 5.74) is 1.63. The van der Waals surface area contributed by atoms with Crippen LogP contribution in [0.3, 0.4) is 0 Å². The molecule has 1 aromatic rings. The van der Waals surface area contributed by atoms with E-state index in [0.29, 0.717) is 18.7 Å². The quantitative estimate of drug-likeness (QED) is 0.745. The Labute approximate surface area is 108 Å². The van der Waals surface area contributed by atoms with Gasteiger partial charge in [-0.05, 0) is 24.6 Å². The van der Waals surface area contributed by atoms with Crippen molar-refractivity contribution in [2.75, 3.05) is 19.3 Å². The number of hydrogen-bond acceptors (Lipinski definition) is 4. The number of nitriles is 1. The Morgan fingerprint density at radius 1 is 1.39 bits per heavy atom. The van der Waals surface area contributed by atoms with Gasteiger partial charge in [-0.3, -0.25) is 0 Å². The summed E-state index contributed by atoms with van der Waals surface area (Å²) in [5, 5.41) is 12.0. The van der Waals surface area contributed by atoms with Crippen molar-refractivity contribution in [1.82, 2.24) is 10.0 Å². The lowest BCUT2D eigenvalue weighted by atomic mass is 10.1. The number of rotatable bonds is 6. The molecule has 2 N–H and O–H groups in total. The molecule has 5 nitrogen and oxygen atoms in total. The van der Waals surface area contributed by atoms with Gasteiger partial charge in [-0.2, -0.15) is 5.26 Å². The van der Waals surface area contributed by atoms with Crippen molar-refractivity contribution in [3.8, 4) is 6.07 Å². The molecule has 98 valence electrons. The largest absolute Gasteiger partial charge is 0.309 e. The Morgan fingerprint density at radius 2 is 2.11 bits per heavy atom. The summed E-state index contributed by atoms with van der Waals surface area (Å²) < 4.78 is 24.1. The van der Waals surface area contributed by atoms with Gasteiger partial charge >= 0.3 is 0 Å². The molecule has 1 rings (SSSR count). The molecule has 1 atom stereocenters. The summed E-state index contributed by atoms with van der Waals surface area (Å²) in [7, 11) is -3.13. The van der Waals surface area contributed by atoms with E-state index in [0.717, 1.165) is 11.8 Å². The van der Waals surface area contributed by atoms with Crippen LogP contribution in [0.5, 0.6) is 0 Å². The van der Waals surface area contributed by atoms with Crippen molar-refractivity contribution in [2.24, 2.45) is 0 Å². The molecule has 0 saturated heterocycles. The lowest BCUT2D eigenvalue weighted by Crippen LogP contribution is -2.32. The fourth-order valence-corrected chi connectivity index (χ4v) is 1.99. The first-order chi connectivity index (χ1) is 8.42. The van der Waals surface area contributed by atoms with Crippen LogP contribution in [0.4, 0.5) is 0 Å². The lowest BCUT2D eigenvalue weighted by molar-refractivity contribution is 0.556. The van der Waals surface area contributed by atoms with Crippen LogP contribution < -0.4 is 10.0 Å². The van der Waals surface area contributed by atoms with E-state index in [1.165, 1.54) is 0 Å². The highest BCUT2D eigenvalue weighted by Gasteiger charge is 2.05. The zero-order chi connectivity index (χ0) is 13.6. The fourth-order valence-electron chi connectivity index (χ4n) is 1.52.